The predicted octanol–water partition coefficient (Wildman–Crippen LogP) is 6.28. The number of aryl methyl sites for hydroxylation is 1. The van der Waals surface area contributed by atoms with Crippen molar-refractivity contribution >= 4 is 22.4 Å². The lowest BCUT2D eigenvalue weighted by molar-refractivity contribution is 0.0988. The van der Waals surface area contributed by atoms with Crippen molar-refractivity contribution < 1.29 is 4.79 Å². The maximum absolute atomic E-state index is 12.0. The number of aromatic amines is 1. The molecule has 27 heavy (non-hydrogen) atoms. The summed E-state index contributed by atoms with van der Waals surface area (Å²) < 4.78 is 0. The number of hydrogen-bond acceptors (Lipinski definition) is 2. The molecule has 0 saturated heterocycles. The average Bonchev–Trinajstić information content (AvgIpc) is 3.10. The molecule has 0 aliphatic heterocycles. The first-order valence-corrected chi connectivity index (χ1v) is 9.17. The Labute approximate surface area is 160 Å². The quantitative estimate of drug-likeness (QED) is 0.417. The molecule has 2 aromatic carbocycles. The van der Waals surface area contributed by atoms with Crippen molar-refractivity contribution in [2.45, 2.75) is 27.2 Å². The van der Waals surface area contributed by atoms with Gasteiger partial charge in [-0.15, -0.1) is 0 Å². The minimum absolute atomic E-state index is 0.136. The van der Waals surface area contributed by atoms with E-state index in [0.29, 0.717) is 6.42 Å². The van der Waals surface area contributed by atoms with Crippen LogP contribution in [0.4, 0.5) is 0 Å². The van der Waals surface area contributed by atoms with Crippen LogP contribution < -0.4 is 0 Å². The molecular formula is C24H24N2O. The first kappa shape index (κ1) is 18.6. The second-order valence-corrected chi connectivity index (χ2v) is 6.48. The van der Waals surface area contributed by atoms with Crippen molar-refractivity contribution in [2.24, 2.45) is 0 Å². The number of Topliss-reactive ketones (excluding diaryl/α,β-unsaturated/α-hetero) is 1. The number of allylic oxidation sites excluding steroid dienone is 5. The summed E-state index contributed by atoms with van der Waals surface area (Å²) in [5.74, 6) is 0.945. The number of carbonyl (C=O) groups excluding carboxylic acids is 1. The Morgan fingerprint density at radius 2 is 1.96 bits per heavy atom. The van der Waals surface area contributed by atoms with Crippen molar-refractivity contribution in [3.8, 4) is 11.4 Å². The highest BCUT2D eigenvalue weighted by Gasteiger charge is 2.12. The molecule has 0 aliphatic rings. The van der Waals surface area contributed by atoms with Crippen LogP contribution in [0.5, 0.6) is 0 Å². The molecule has 0 fully saturated rings. The molecule has 1 N–H and O–H groups in total. The van der Waals surface area contributed by atoms with E-state index in [1.165, 1.54) is 0 Å². The van der Waals surface area contributed by atoms with E-state index in [2.05, 4.69) is 42.8 Å². The normalized spacial score (nSPS) is 12.0. The number of H-pyrrole nitrogens is 1. The molecule has 0 atom stereocenters. The van der Waals surface area contributed by atoms with Crippen LogP contribution in [0, 0.1) is 6.92 Å². The van der Waals surface area contributed by atoms with Crippen molar-refractivity contribution in [3.63, 3.8) is 0 Å². The lowest BCUT2D eigenvalue weighted by atomic mass is 9.98. The molecule has 0 aliphatic carbocycles. The molecule has 136 valence electrons. The van der Waals surface area contributed by atoms with Crippen LogP contribution in [-0.4, -0.2) is 15.8 Å². The first-order chi connectivity index (χ1) is 13.1. The molecule has 0 bridgehead atoms. The van der Waals surface area contributed by atoms with E-state index in [9.17, 15) is 4.79 Å². The molecule has 0 radical (unpaired) electrons. The minimum atomic E-state index is 0.136. The number of ketones is 1. The lowest BCUT2D eigenvalue weighted by Gasteiger charge is -2.08. The standard InChI is InChI=1S/C24H24N2O/c1-5-8-17(9-6-2)18-11-10-16(4)20(14-18)24-25-21-13-12-19(23(27)7-3)15-22(21)26-24/h5-6,8-15H,1,7H2,2-4H3,(H,25,26)/b9-6-,17-8+. The second-order valence-electron chi connectivity index (χ2n) is 6.48. The second kappa shape index (κ2) is 8.00. The summed E-state index contributed by atoms with van der Waals surface area (Å²) in [5, 5.41) is 0. The van der Waals surface area contributed by atoms with Crippen LogP contribution in [-0.2, 0) is 0 Å². The van der Waals surface area contributed by atoms with Crippen molar-refractivity contribution in [3.05, 3.63) is 84.0 Å². The number of hydrogen-bond donors (Lipinski definition) is 1. The summed E-state index contributed by atoms with van der Waals surface area (Å²) in [7, 11) is 0. The van der Waals surface area contributed by atoms with Gasteiger partial charge in [0.05, 0.1) is 11.0 Å². The van der Waals surface area contributed by atoms with Gasteiger partial charge in [-0.1, -0.05) is 49.9 Å². The van der Waals surface area contributed by atoms with Gasteiger partial charge in [-0.25, -0.2) is 4.98 Å². The lowest BCUT2D eigenvalue weighted by Crippen LogP contribution is -1.95. The van der Waals surface area contributed by atoms with Gasteiger partial charge in [0.25, 0.3) is 0 Å². The summed E-state index contributed by atoms with van der Waals surface area (Å²) in [6.07, 6.45) is 8.37. The topological polar surface area (TPSA) is 45.8 Å². The van der Waals surface area contributed by atoms with Crippen LogP contribution in [0.3, 0.4) is 0 Å². The summed E-state index contributed by atoms with van der Waals surface area (Å²) in [6, 6.07) is 12.0. The minimum Gasteiger partial charge on any atom is -0.338 e. The van der Waals surface area contributed by atoms with Crippen LogP contribution in [0.15, 0.2) is 67.3 Å². The van der Waals surface area contributed by atoms with Gasteiger partial charge >= 0.3 is 0 Å². The van der Waals surface area contributed by atoms with E-state index in [-0.39, 0.29) is 5.78 Å². The van der Waals surface area contributed by atoms with Gasteiger partial charge in [0.1, 0.15) is 5.82 Å². The Morgan fingerprint density at radius 1 is 1.19 bits per heavy atom. The van der Waals surface area contributed by atoms with E-state index in [0.717, 1.165) is 44.7 Å². The van der Waals surface area contributed by atoms with Crippen LogP contribution in [0.1, 0.15) is 41.8 Å². The van der Waals surface area contributed by atoms with Gasteiger partial charge < -0.3 is 4.98 Å². The molecule has 1 heterocycles. The molecule has 0 unspecified atom stereocenters. The smallest absolute Gasteiger partial charge is 0.162 e. The number of aromatic nitrogens is 2. The van der Waals surface area contributed by atoms with E-state index in [1.807, 2.05) is 44.2 Å². The number of carbonyl (C=O) groups is 1. The number of rotatable bonds is 6. The average molecular weight is 356 g/mol. The fraction of sp³-hybridized carbons (Fsp3) is 0.167. The van der Waals surface area contributed by atoms with Gasteiger partial charge in [0, 0.05) is 17.5 Å². The van der Waals surface area contributed by atoms with E-state index in [1.54, 1.807) is 6.08 Å². The van der Waals surface area contributed by atoms with E-state index >= 15 is 0 Å². The Balaban J connectivity index is 2.10. The fourth-order valence-corrected chi connectivity index (χ4v) is 3.13. The van der Waals surface area contributed by atoms with Crippen LogP contribution in [0.25, 0.3) is 28.0 Å². The zero-order valence-corrected chi connectivity index (χ0v) is 16.0. The molecule has 1 aromatic heterocycles. The summed E-state index contributed by atoms with van der Waals surface area (Å²) in [5.41, 5.74) is 6.85. The first-order valence-electron chi connectivity index (χ1n) is 9.17. The SMILES string of the molecule is C=C/C=C(\C=C/C)c1ccc(C)c(-c2nc3ccc(C(=O)CC)cc3[nH]2)c1. The highest BCUT2D eigenvalue weighted by molar-refractivity contribution is 5.99. The Bertz CT molecular complexity index is 1070. The molecule has 3 heteroatoms. The number of benzene rings is 2. The van der Waals surface area contributed by atoms with Gasteiger partial charge in [-0.3, -0.25) is 4.79 Å². The highest BCUT2D eigenvalue weighted by Crippen LogP contribution is 2.28. The van der Waals surface area contributed by atoms with Crippen molar-refractivity contribution in [1.82, 2.24) is 9.97 Å². The molecule has 3 nitrogen and oxygen atoms in total. The zero-order valence-electron chi connectivity index (χ0n) is 16.0. The molecule has 0 spiro atoms. The molecule has 3 aromatic rings. The number of fused-ring (bicyclic) bond motifs is 1. The molecule has 0 amide bonds. The van der Waals surface area contributed by atoms with E-state index in [4.69, 9.17) is 4.98 Å². The zero-order chi connectivity index (χ0) is 19.4. The number of nitrogens with zero attached hydrogens (tertiary/aromatic N) is 1. The van der Waals surface area contributed by atoms with Gasteiger partial charge in [0.2, 0.25) is 0 Å². The summed E-state index contributed by atoms with van der Waals surface area (Å²) >= 11 is 0. The number of nitrogens with one attached hydrogen (secondary N) is 1. The van der Waals surface area contributed by atoms with Crippen molar-refractivity contribution in [2.75, 3.05) is 0 Å². The Kier molecular flexibility index (Phi) is 5.51. The van der Waals surface area contributed by atoms with E-state index < -0.39 is 0 Å². The van der Waals surface area contributed by atoms with Crippen LogP contribution in [0.2, 0.25) is 0 Å². The molecule has 3 rings (SSSR count). The maximum atomic E-state index is 12.0. The maximum Gasteiger partial charge on any atom is 0.162 e. The van der Waals surface area contributed by atoms with Crippen molar-refractivity contribution in [1.29, 1.82) is 0 Å². The summed E-state index contributed by atoms with van der Waals surface area (Å²) in [4.78, 5) is 20.1. The monoisotopic (exact) mass is 356 g/mol. The number of imidazole rings is 1. The Morgan fingerprint density at radius 3 is 2.67 bits per heavy atom. The third-order valence-corrected chi connectivity index (χ3v) is 4.59. The predicted molar refractivity (Wildman–Crippen MR) is 114 cm³/mol. The fourth-order valence-electron chi connectivity index (χ4n) is 3.13. The van der Waals surface area contributed by atoms with Gasteiger partial charge in [0.15, 0.2) is 5.78 Å². The third kappa shape index (κ3) is 3.82. The van der Waals surface area contributed by atoms with Crippen LogP contribution >= 0.6 is 0 Å². The van der Waals surface area contributed by atoms with Gasteiger partial charge in [-0.05, 0) is 54.8 Å². The van der Waals surface area contributed by atoms with Gasteiger partial charge in [-0.2, -0.15) is 0 Å². The molecule has 0 saturated carbocycles. The highest BCUT2D eigenvalue weighted by atomic mass is 16.1. The summed E-state index contributed by atoms with van der Waals surface area (Å²) in [6.45, 7) is 9.76. The largest absolute Gasteiger partial charge is 0.338 e. The third-order valence-electron chi connectivity index (χ3n) is 4.59. The Hall–Kier alpha value is -3.20. The molecular weight excluding hydrogens is 332 g/mol.